The lowest BCUT2D eigenvalue weighted by atomic mass is 10.2. The molecule has 0 aliphatic heterocycles. The fraction of sp³-hybridized carbons (Fsp3) is 0.833. The van der Waals surface area contributed by atoms with Crippen molar-refractivity contribution < 1.29 is 8.85 Å². The van der Waals surface area contributed by atoms with E-state index in [1.807, 2.05) is 5.70 Å². The summed E-state index contributed by atoms with van der Waals surface area (Å²) in [5.74, 6) is 0.543. The summed E-state index contributed by atoms with van der Waals surface area (Å²) >= 11 is 0. The lowest BCUT2D eigenvalue weighted by Crippen LogP contribution is -2.40. The van der Waals surface area contributed by atoms with Crippen LogP contribution in [0.1, 0.15) is 40.5 Å². The third-order valence-electron chi connectivity index (χ3n) is 2.20. The van der Waals surface area contributed by atoms with Crippen LogP contribution in [0.25, 0.3) is 0 Å². The largest absolute Gasteiger partial charge is 0.391 e. The molecule has 2 nitrogen and oxygen atoms in total. The molecule has 3 heteroatoms. The Morgan fingerprint density at radius 1 is 1.33 bits per heavy atom. The summed E-state index contributed by atoms with van der Waals surface area (Å²) in [6, 6.07) is 0. The predicted octanol–water partition coefficient (Wildman–Crippen LogP) is 3.66. The van der Waals surface area contributed by atoms with Gasteiger partial charge >= 0.3 is 8.56 Å². The average Bonchev–Trinajstić information content (AvgIpc) is 2.15. The first-order valence-corrected chi connectivity index (χ1v) is 8.28. The van der Waals surface area contributed by atoms with Crippen LogP contribution in [0.2, 0.25) is 6.55 Å². The maximum Gasteiger partial charge on any atom is 0.361 e. The molecule has 0 bridgehead atoms. The van der Waals surface area contributed by atoms with Gasteiger partial charge in [-0.2, -0.15) is 0 Å². The van der Waals surface area contributed by atoms with Crippen molar-refractivity contribution >= 4 is 8.56 Å². The van der Waals surface area contributed by atoms with E-state index in [0.717, 1.165) is 19.4 Å². The van der Waals surface area contributed by atoms with Crippen LogP contribution in [0.15, 0.2) is 12.3 Å². The number of rotatable bonds is 8. The van der Waals surface area contributed by atoms with E-state index in [2.05, 4.69) is 40.8 Å². The predicted molar refractivity (Wildman–Crippen MR) is 68.1 cm³/mol. The lowest BCUT2D eigenvalue weighted by molar-refractivity contribution is 0.120. The van der Waals surface area contributed by atoms with Gasteiger partial charge in [0, 0.05) is 12.7 Å². The van der Waals surface area contributed by atoms with E-state index >= 15 is 0 Å². The van der Waals surface area contributed by atoms with Crippen molar-refractivity contribution in [1.29, 1.82) is 0 Å². The molecular formula is C12H26O2Si. The summed E-state index contributed by atoms with van der Waals surface area (Å²) < 4.78 is 11.8. The SMILES string of the molecule is C=C[Si](C)(OCC(C)C)OC(C)CCC. The second-order valence-corrected chi connectivity index (χ2v) is 7.61. The molecule has 0 aliphatic rings. The zero-order valence-electron chi connectivity index (χ0n) is 10.9. The first kappa shape index (κ1) is 14.9. The highest BCUT2D eigenvalue weighted by Gasteiger charge is 2.29. The molecule has 0 aromatic heterocycles. The molecule has 2 atom stereocenters. The van der Waals surface area contributed by atoms with Crippen LogP contribution in [0.4, 0.5) is 0 Å². The van der Waals surface area contributed by atoms with Crippen LogP contribution >= 0.6 is 0 Å². The summed E-state index contributed by atoms with van der Waals surface area (Å²) in [7, 11) is -2.12. The highest BCUT2D eigenvalue weighted by atomic mass is 28.4. The van der Waals surface area contributed by atoms with Crippen molar-refractivity contribution in [2.45, 2.75) is 53.2 Å². The van der Waals surface area contributed by atoms with Crippen LogP contribution in [-0.4, -0.2) is 21.3 Å². The molecule has 0 spiro atoms. The fourth-order valence-electron chi connectivity index (χ4n) is 1.34. The minimum atomic E-state index is -2.12. The Balaban J connectivity index is 4.11. The van der Waals surface area contributed by atoms with E-state index in [0.29, 0.717) is 5.92 Å². The zero-order valence-corrected chi connectivity index (χ0v) is 11.9. The third kappa shape index (κ3) is 6.87. The molecule has 0 saturated heterocycles. The smallest absolute Gasteiger partial charge is 0.361 e. The molecule has 0 radical (unpaired) electrons. The molecule has 0 aliphatic carbocycles. The topological polar surface area (TPSA) is 18.5 Å². The van der Waals surface area contributed by atoms with Crippen LogP contribution < -0.4 is 0 Å². The third-order valence-corrected chi connectivity index (χ3v) is 4.56. The average molecular weight is 230 g/mol. The van der Waals surface area contributed by atoms with Gasteiger partial charge in [0.15, 0.2) is 0 Å². The molecule has 0 heterocycles. The van der Waals surface area contributed by atoms with Gasteiger partial charge in [0.05, 0.1) is 0 Å². The van der Waals surface area contributed by atoms with Gasteiger partial charge in [0.1, 0.15) is 0 Å². The van der Waals surface area contributed by atoms with Gasteiger partial charge in [0.25, 0.3) is 0 Å². The molecule has 15 heavy (non-hydrogen) atoms. The van der Waals surface area contributed by atoms with Gasteiger partial charge < -0.3 is 8.85 Å². The fourth-order valence-corrected chi connectivity index (χ4v) is 3.20. The van der Waals surface area contributed by atoms with Gasteiger partial charge in [-0.3, -0.25) is 0 Å². The highest BCUT2D eigenvalue weighted by Crippen LogP contribution is 2.15. The summed E-state index contributed by atoms with van der Waals surface area (Å²) in [4.78, 5) is 0. The number of hydrogen-bond donors (Lipinski definition) is 0. The van der Waals surface area contributed by atoms with E-state index in [-0.39, 0.29) is 6.10 Å². The molecule has 0 rings (SSSR count). The van der Waals surface area contributed by atoms with Crippen LogP contribution in [0.3, 0.4) is 0 Å². The normalized spacial score (nSPS) is 17.5. The zero-order chi connectivity index (χ0) is 11.9. The summed E-state index contributed by atoms with van der Waals surface area (Å²) in [5.41, 5.74) is 1.88. The van der Waals surface area contributed by atoms with Gasteiger partial charge in [-0.1, -0.05) is 27.2 Å². The molecule has 0 N–H and O–H groups in total. The van der Waals surface area contributed by atoms with Crippen molar-refractivity contribution in [3.05, 3.63) is 12.3 Å². The monoisotopic (exact) mass is 230 g/mol. The Morgan fingerprint density at radius 3 is 2.33 bits per heavy atom. The van der Waals surface area contributed by atoms with Gasteiger partial charge in [-0.15, -0.1) is 6.58 Å². The highest BCUT2D eigenvalue weighted by molar-refractivity contribution is 6.71. The van der Waals surface area contributed by atoms with Crippen LogP contribution in [-0.2, 0) is 8.85 Å². The minimum Gasteiger partial charge on any atom is -0.391 e. The maximum absolute atomic E-state index is 5.98. The molecule has 2 unspecified atom stereocenters. The Kier molecular flexibility index (Phi) is 7.14. The Hall–Kier alpha value is -0.123. The van der Waals surface area contributed by atoms with Gasteiger partial charge in [-0.05, 0) is 31.5 Å². The van der Waals surface area contributed by atoms with Crippen LogP contribution in [0.5, 0.6) is 0 Å². The minimum absolute atomic E-state index is 0.275. The van der Waals surface area contributed by atoms with Crippen molar-refractivity contribution in [3.8, 4) is 0 Å². The maximum atomic E-state index is 5.98. The lowest BCUT2D eigenvalue weighted by Gasteiger charge is -2.28. The van der Waals surface area contributed by atoms with Gasteiger partial charge in [-0.25, -0.2) is 0 Å². The second kappa shape index (κ2) is 7.20. The van der Waals surface area contributed by atoms with Gasteiger partial charge in [0.2, 0.25) is 0 Å². The quantitative estimate of drug-likeness (QED) is 0.592. The molecule has 0 aromatic carbocycles. The Bertz CT molecular complexity index is 182. The van der Waals surface area contributed by atoms with Crippen molar-refractivity contribution in [2.24, 2.45) is 5.92 Å². The molecule has 0 amide bonds. The molecule has 0 fully saturated rings. The van der Waals surface area contributed by atoms with E-state index in [9.17, 15) is 0 Å². The Morgan fingerprint density at radius 2 is 1.93 bits per heavy atom. The van der Waals surface area contributed by atoms with E-state index in [1.165, 1.54) is 0 Å². The first-order chi connectivity index (χ1) is 6.93. The van der Waals surface area contributed by atoms with Crippen molar-refractivity contribution in [1.82, 2.24) is 0 Å². The molecule has 0 aromatic rings. The van der Waals surface area contributed by atoms with E-state index in [4.69, 9.17) is 8.85 Å². The standard InChI is InChI=1S/C12H26O2Si/c1-7-9-12(5)14-15(6,8-2)13-10-11(3)4/h8,11-12H,2,7,9-10H2,1,3-6H3. The van der Waals surface area contributed by atoms with Crippen LogP contribution in [0, 0.1) is 5.92 Å². The first-order valence-electron chi connectivity index (χ1n) is 5.89. The van der Waals surface area contributed by atoms with E-state index in [1.54, 1.807) is 0 Å². The summed E-state index contributed by atoms with van der Waals surface area (Å²) in [6.07, 6.45) is 2.51. The summed E-state index contributed by atoms with van der Waals surface area (Å²) in [6.45, 7) is 15.2. The molecular weight excluding hydrogens is 204 g/mol. The van der Waals surface area contributed by atoms with E-state index < -0.39 is 8.56 Å². The van der Waals surface area contributed by atoms with Crippen molar-refractivity contribution in [3.63, 3.8) is 0 Å². The summed E-state index contributed by atoms with van der Waals surface area (Å²) in [5, 5.41) is 0. The molecule has 0 saturated carbocycles. The Labute approximate surface area is 95.9 Å². The molecule has 90 valence electrons. The second-order valence-electron chi connectivity index (χ2n) is 4.64. The van der Waals surface area contributed by atoms with Crippen molar-refractivity contribution in [2.75, 3.05) is 6.61 Å². The number of hydrogen-bond acceptors (Lipinski definition) is 2.